The van der Waals surface area contributed by atoms with Crippen molar-refractivity contribution in [3.63, 3.8) is 0 Å². The average molecular weight is 767 g/mol. The predicted octanol–water partition coefficient (Wildman–Crippen LogP) is 8.47. The van der Waals surface area contributed by atoms with E-state index in [4.69, 9.17) is 0 Å². The summed E-state index contributed by atoms with van der Waals surface area (Å²) in [5.41, 5.74) is -4.31. The number of benzene rings is 6. The van der Waals surface area contributed by atoms with Crippen LogP contribution < -0.4 is 31.8 Å². The SMILES string of the molecule is C=P(c1ccc(F)cc1)(c1ccc(F)cc1)c1c(F)c(F)c(-c2c(F)c(F)c(P(=C)(c3ccc(F)cc3)c3ccc(F)cc3)c(F)c2F)c(F)c1F. The van der Waals surface area contributed by atoms with Gasteiger partial charge in [0.2, 0.25) is 0 Å². The summed E-state index contributed by atoms with van der Waals surface area (Å²) in [4.78, 5) is 0. The van der Waals surface area contributed by atoms with Crippen LogP contribution in [-0.4, -0.2) is 12.6 Å². The van der Waals surface area contributed by atoms with Gasteiger partial charge in [0.05, 0.1) is 21.7 Å². The maximum atomic E-state index is 16.2. The fraction of sp³-hybridized carbons (Fsp3) is 0. The van der Waals surface area contributed by atoms with Crippen LogP contribution in [-0.2, 0) is 0 Å². The summed E-state index contributed by atoms with van der Waals surface area (Å²) in [6.07, 6.45) is 7.70. The molecule has 0 aliphatic heterocycles. The van der Waals surface area contributed by atoms with E-state index in [0.29, 0.717) is 0 Å². The van der Waals surface area contributed by atoms with E-state index in [-0.39, 0.29) is 21.2 Å². The monoisotopic (exact) mass is 766 g/mol. The Bertz CT molecular complexity index is 2130. The largest absolute Gasteiger partial charge is 0.207 e. The lowest BCUT2D eigenvalue weighted by Gasteiger charge is -2.29. The van der Waals surface area contributed by atoms with Gasteiger partial charge >= 0.3 is 0 Å². The number of hydrogen-bond acceptors (Lipinski definition) is 0. The Balaban J connectivity index is 1.64. The third-order valence-electron chi connectivity index (χ3n) is 8.56. The molecule has 0 bridgehead atoms. The van der Waals surface area contributed by atoms with Crippen LogP contribution in [0.2, 0.25) is 0 Å². The van der Waals surface area contributed by atoms with E-state index in [2.05, 4.69) is 12.6 Å². The molecule has 0 aliphatic carbocycles. The molecule has 0 aromatic heterocycles. The fourth-order valence-corrected chi connectivity index (χ4v) is 11.9. The highest BCUT2D eigenvalue weighted by molar-refractivity contribution is 7.93. The van der Waals surface area contributed by atoms with Crippen molar-refractivity contribution in [2.75, 3.05) is 0 Å². The van der Waals surface area contributed by atoms with Gasteiger partial charge in [-0.1, -0.05) is 61.1 Å². The van der Waals surface area contributed by atoms with Crippen LogP contribution in [0.4, 0.5) is 52.7 Å². The first kappa shape index (κ1) is 36.9. The Hall–Kier alpha value is -4.92. The van der Waals surface area contributed by atoms with Crippen molar-refractivity contribution in [1.29, 1.82) is 0 Å². The normalized spacial score (nSPS) is 12.0. The van der Waals surface area contributed by atoms with E-state index in [0.717, 1.165) is 97.1 Å². The minimum absolute atomic E-state index is 0.166. The van der Waals surface area contributed by atoms with Crippen molar-refractivity contribution in [2.45, 2.75) is 0 Å². The van der Waals surface area contributed by atoms with E-state index >= 15 is 35.1 Å². The van der Waals surface area contributed by atoms with Gasteiger partial charge in [-0.2, -0.15) is 0 Å². The molecule has 14 heteroatoms. The molecule has 0 saturated carbocycles. The number of rotatable bonds is 7. The minimum atomic E-state index is -4.16. The Morgan fingerprint density at radius 2 is 0.442 bits per heavy atom. The van der Waals surface area contributed by atoms with E-state index in [1.54, 1.807) is 0 Å². The quantitative estimate of drug-likeness (QED) is 0.0870. The zero-order valence-electron chi connectivity index (χ0n) is 26.1. The summed E-state index contributed by atoms with van der Waals surface area (Å²) in [7, 11) is 0. The Morgan fingerprint density at radius 3 is 0.615 bits per heavy atom. The highest BCUT2D eigenvalue weighted by Crippen LogP contribution is 2.48. The lowest BCUT2D eigenvalue weighted by molar-refractivity contribution is 0.451. The molecule has 0 nitrogen and oxygen atoms in total. The molecule has 0 atom stereocenters. The molecule has 52 heavy (non-hydrogen) atoms. The molecule has 266 valence electrons. The summed E-state index contributed by atoms with van der Waals surface area (Å²) < 4.78 is 185. The second-order valence-electron chi connectivity index (χ2n) is 11.5. The van der Waals surface area contributed by atoms with Crippen LogP contribution in [0.1, 0.15) is 0 Å². The zero-order valence-corrected chi connectivity index (χ0v) is 27.9. The van der Waals surface area contributed by atoms with Crippen LogP contribution in [0.15, 0.2) is 97.1 Å². The van der Waals surface area contributed by atoms with Crippen LogP contribution in [0, 0.1) is 69.8 Å². The third kappa shape index (κ3) is 5.78. The summed E-state index contributed by atoms with van der Waals surface area (Å²) in [6.45, 7) is -8.32. The first-order valence-electron chi connectivity index (χ1n) is 14.8. The van der Waals surface area contributed by atoms with Crippen molar-refractivity contribution in [3.05, 3.63) is 167 Å². The minimum Gasteiger partial charge on any atom is -0.207 e. The fourth-order valence-electron chi connectivity index (χ4n) is 5.95. The van der Waals surface area contributed by atoms with Gasteiger partial charge in [0.25, 0.3) is 0 Å². The second kappa shape index (κ2) is 13.6. The molecule has 6 aromatic rings. The lowest BCUT2D eigenvalue weighted by atomic mass is 10.0. The Kier molecular flexibility index (Phi) is 9.62. The van der Waals surface area contributed by atoms with Gasteiger partial charge in [-0.3, -0.25) is 0 Å². The molecule has 0 aliphatic rings. The molecular weight excluding hydrogens is 746 g/mol. The number of hydrogen-bond donors (Lipinski definition) is 0. The first-order valence-corrected chi connectivity index (χ1v) is 18.7. The van der Waals surface area contributed by atoms with Gasteiger partial charge in [-0.25, -0.2) is 52.7 Å². The second-order valence-corrected chi connectivity index (χ2v) is 17.7. The van der Waals surface area contributed by atoms with Crippen molar-refractivity contribution < 1.29 is 52.7 Å². The topological polar surface area (TPSA) is 0 Å². The Morgan fingerprint density at radius 1 is 0.269 bits per heavy atom. The molecular formula is C38H20F12P2. The standard InChI is InChI=1S/C38H20F12P2/c1-51(23-11-3-19(39)4-12-23,24-13-5-20(40)6-14-24)37-33(47)29(43)27(30(44)34(37)48)28-31(45)35(49)38(36(50)32(28)46)52(2,25-15-7-21(41)8-16-25)26-17-9-22(42)10-18-26/h3-18H,1-2H2. The molecule has 6 rings (SSSR count). The predicted molar refractivity (Wildman–Crippen MR) is 183 cm³/mol. The maximum absolute atomic E-state index is 16.2. The highest BCUT2D eigenvalue weighted by atomic mass is 31.2. The summed E-state index contributed by atoms with van der Waals surface area (Å²) >= 11 is 0. The average Bonchev–Trinajstić information content (AvgIpc) is 3.12. The van der Waals surface area contributed by atoms with Crippen molar-refractivity contribution >= 4 is 58.2 Å². The Labute approximate surface area is 288 Å². The van der Waals surface area contributed by atoms with Gasteiger partial charge in [0, 0.05) is 0 Å². The highest BCUT2D eigenvalue weighted by Gasteiger charge is 2.40. The van der Waals surface area contributed by atoms with Crippen molar-refractivity contribution in [1.82, 2.24) is 0 Å². The lowest BCUT2D eigenvalue weighted by Crippen LogP contribution is -2.33. The van der Waals surface area contributed by atoms with Gasteiger partial charge in [0.1, 0.15) is 23.3 Å². The van der Waals surface area contributed by atoms with E-state index in [1.165, 1.54) is 0 Å². The van der Waals surface area contributed by atoms with Gasteiger partial charge in [0.15, 0.2) is 46.5 Å². The summed E-state index contributed by atoms with van der Waals surface area (Å²) in [6, 6.07) is 15.0. The number of halogens is 12. The third-order valence-corrected chi connectivity index (χ3v) is 15.6. The molecule has 0 unspecified atom stereocenters. The van der Waals surface area contributed by atoms with E-state index in [9.17, 15) is 17.6 Å². The zero-order chi connectivity index (χ0) is 37.9. The van der Waals surface area contributed by atoms with Crippen LogP contribution in [0.25, 0.3) is 11.1 Å². The first-order chi connectivity index (χ1) is 24.5. The van der Waals surface area contributed by atoms with Crippen molar-refractivity contribution in [3.8, 4) is 11.1 Å². The summed E-state index contributed by atoms with van der Waals surface area (Å²) in [5.74, 6) is -22.2. The molecule has 0 saturated heterocycles. The summed E-state index contributed by atoms with van der Waals surface area (Å²) in [5, 5.41) is -3.47. The maximum Gasteiger partial charge on any atom is 0.170 e. The van der Waals surface area contributed by atoms with Crippen LogP contribution in [0.3, 0.4) is 0 Å². The molecule has 0 fully saturated rings. The van der Waals surface area contributed by atoms with Crippen LogP contribution in [0.5, 0.6) is 0 Å². The molecule has 0 heterocycles. The van der Waals surface area contributed by atoms with Gasteiger partial charge in [-0.05, 0) is 83.5 Å². The van der Waals surface area contributed by atoms with E-state index < -0.39 is 105 Å². The molecule has 0 radical (unpaired) electrons. The van der Waals surface area contributed by atoms with E-state index in [1.807, 2.05) is 0 Å². The molecule has 0 spiro atoms. The smallest absolute Gasteiger partial charge is 0.170 e. The molecule has 0 N–H and O–H groups in total. The van der Waals surface area contributed by atoms with Gasteiger partial charge in [-0.15, -0.1) is 0 Å². The van der Waals surface area contributed by atoms with Crippen molar-refractivity contribution in [2.24, 2.45) is 0 Å². The van der Waals surface area contributed by atoms with Crippen LogP contribution >= 0.6 is 13.8 Å². The van der Waals surface area contributed by atoms with Gasteiger partial charge < -0.3 is 0 Å². The molecule has 6 aromatic carbocycles. The molecule has 0 amide bonds.